The number of halogens is 1. The molecule has 4 nitrogen and oxygen atoms in total. The molecule has 1 fully saturated rings. The molecule has 1 N–H and O–H groups in total. The zero-order chi connectivity index (χ0) is 18.0. The molecule has 0 aliphatic carbocycles. The van der Waals surface area contributed by atoms with Crippen LogP contribution in [-0.4, -0.2) is 41.6 Å². The third-order valence-electron chi connectivity index (χ3n) is 4.57. The van der Waals surface area contributed by atoms with Crippen molar-refractivity contribution in [2.75, 3.05) is 26.2 Å². The molecule has 5 heteroatoms. The molecule has 1 aliphatic rings. The van der Waals surface area contributed by atoms with E-state index in [1.54, 1.807) is 0 Å². The summed E-state index contributed by atoms with van der Waals surface area (Å²) in [5.41, 5.74) is 4.00. The Morgan fingerprint density at radius 1 is 1.20 bits per heavy atom. The molecule has 0 saturated carbocycles. The molecule has 3 rings (SSSR count). The first-order valence-electron chi connectivity index (χ1n) is 8.93. The summed E-state index contributed by atoms with van der Waals surface area (Å²) in [6.07, 6.45) is 2.11. The van der Waals surface area contributed by atoms with Crippen molar-refractivity contribution in [3.8, 4) is 11.1 Å². The van der Waals surface area contributed by atoms with Gasteiger partial charge in [-0.3, -0.25) is 4.79 Å². The van der Waals surface area contributed by atoms with Gasteiger partial charge in [-0.25, -0.2) is 0 Å². The summed E-state index contributed by atoms with van der Waals surface area (Å²) in [5.74, 6) is 0.597. The third kappa shape index (κ3) is 3.91. The molecule has 0 bridgehead atoms. The van der Waals surface area contributed by atoms with Crippen LogP contribution in [0.15, 0.2) is 30.5 Å². The minimum atomic E-state index is 0.125. The number of benzene rings is 1. The Morgan fingerprint density at radius 3 is 2.44 bits per heavy atom. The second-order valence-electron chi connectivity index (χ2n) is 7.13. The van der Waals surface area contributed by atoms with Crippen molar-refractivity contribution in [2.24, 2.45) is 5.92 Å². The minimum absolute atomic E-state index is 0.125. The van der Waals surface area contributed by atoms with Gasteiger partial charge in [0.05, 0.1) is 0 Å². The first kappa shape index (κ1) is 18.0. The van der Waals surface area contributed by atoms with Gasteiger partial charge in [-0.05, 0) is 36.1 Å². The van der Waals surface area contributed by atoms with Gasteiger partial charge in [0.25, 0.3) is 5.91 Å². The molecule has 0 unspecified atom stereocenters. The number of aromatic nitrogens is 1. The number of carbonyl (C=O) groups is 1. The number of piperazine rings is 1. The molecule has 1 aliphatic heterocycles. The van der Waals surface area contributed by atoms with Crippen LogP contribution in [0.3, 0.4) is 0 Å². The highest BCUT2D eigenvalue weighted by Crippen LogP contribution is 2.31. The lowest BCUT2D eigenvalue weighted by Gasteiger charge is -2.28. The van der Waals surface area contributed by atoms with E-state index in [2.05, 4.69) is 36.9 Å². The highest BCUT2D eigenvalue weighted by atomic mass is 35.5. The van der Waals surface area contributed by atoms with Crippen molar-refractivity contribution in [3.63, 3.8) is 0 Å². The van der Waals surface area contributed by atoms with Crippen molar-refractivity contribution in [1.29, 1.82) is 0 Å². The third-order valence-corrected chi connectivity index (χ3v) is 4.82. The van der Waals surface area contributed by atoms with Crippen molar-refractivity contribution < 1.29 is 4.79 Å². The average molecular weight is 360 g/mol. The fourth-order valence-electron chi connectivity index (χ4n) is 3.46. The average Bonchev–Trinajstić information content (AvgIpc) is 2.91. The minimum Gasteiger partial charge on any atom is -0.342 e. The quantitative estimate of drug-likeness (QED) is 0.901. The van der Waals surface area contributed by atoms with Crippen molar-refractivity contribution in [2.45, 2.75) is 27.3 Å². The zero-order valence-corrected chi connectivity index (χ0v) is 15.9. The highest BCUT2D eigenvalue weighted by Gasteiger charge is 2.26. The molecule has 0 spiro atoms. The number of carbonyl (C=O) groups excluding carboxylic acids is 1. The second kappa shape index (κ2) is 7.63. The topological polar surface area (TPSA) is 37.3 Å². The van der Waals surface area contributed by atoms with Crippen LogP contribution in [0.5, 0.6) is 0 Å². The Kier molecular flexibility index (Phi) is 5.50. The molecule has 134 valence electrons. The summed E-state index contributed by atoms with van der Waals surface area (Å²) in [4.78, 5) is 15.3. The first-order valence-corrected chi connectivity index (χ1v) is 9.31. The van der Waals surface area contributed by atoms with Crippen molar-refractivity contribution in [1.82, 2.24) is 14.8 Å². The first-order chi connectivity index (χ1) is 12.0. The Morgan fingerprint density at radius 2 is 1.84 bits per heavy atom. The molecule has 2 aromatic rings. The van der Waals surface area contributed by atoms with Crippen LogP contribution in [0.25, 0.3) is 11.1 Å². The van der Waals surface area contributed by atoms with E-state index in [0.29, 0.717) is 10.9 Å². The predicted octanol–water partition coefficient (Wildman–Crippen LogP) is 3.82. The molecule has 2 heterocycles. The molecule has 0 radical (unpaired) electrons. The summed E-state index contributed by atoms with van der Waals surface area (Å²) >= 11 is 6.05. The van der Waals surface area contributed by atoms with E-state index in [0.717, 1.165) is 55.1 Å². The van der Waals surface area contributed by atoms with Gasteiger partial charge in [-0.15, -0.1) is 0 Å². The number of rotatable bonds is 4. The van der Waals surface area contributed by atoms with Crippen LogP contribution < -0.4 is 5.32 Å². The zero-order valence-electron chi connectivity index (χ0n) is 15.2. The fraction of sp³-hybridized carbons (Fsp3) is 0.450. The largest absolute Gasteiger partial charge is 0.342 e. The van der Waals surface area contributed by atoms with E-state index in [1.807, 2.05) is 29.2 Å². The van der Waals surface area contributed by atoms with Crippen LogP contribution in [0.4, 0.5) is 0 Å². The normalized spacial score (nSPS) is 15.0. The van der Waals surface area contributed by atoms with Crippen molar-refractivity contribution >= 4 is 17.5 Å². The number of nitrogens with zero attached hydrogens (tertiary/aromatic N) is 2. The standard InChI is InChI=1S/C20H26ClN3O/c1-14(2)12-24-13-15(3)18(16-4-6-17(21)7-5-16)19(24)20(25)23-10-8-22-9-11-23/h4-7,13-14,22H,8-12H2,1-3H3. The van der Waals surface area contributed by atoms with E-state index >= 15 is 0 Å². The Bertz CT molecular complexity index is 743. The summed E-state index contributed by atoms with van der Waals surface area (Å²) < 4.78 is 2.13. The number of hydrogen-bond donors (Lipinski definition) is 1. The van der Waals surface area contributed by atoms with Gasteiger partial charge in [0.2, 0.25) is 0 Å². The van der Waals surface area contributed by atoms with Gasteiger partial charge in [0, 0.05) is 49.5 Å². The van der Waals surface area contributed by atoms with E-state index in [-0.39, 0.29) is 5.91 Å². The predicted molar refractivity (Wildman–Crippen MR) is 103 cm³/mol. The van der Waals surface area contributed by atoms with E-state index < -0.39 is 0 Å². The number of nitrogens with one attached hydrogen (secondary N) is 1. The molecule has 1 aromatic heterocycles. The van der Waals surface area contributed by atoms with Crippen LogP contribution in [0.1, 0.15) is 29.9 Å². The molecule has 1 saturated heterocycles. The molecule has 25 heavy (non-hydrogen) atoms. The SMILES string of the molecule is Cc1cn(CC(C)C)c(C(=O)N2CCNCC2)c1-c1ccc(Cl)cc1. The molecule has 0 atom stereocenters. The summed E-state index contributed by atoms with van der Waals surface area (Å²) in [6.45, 7) is 10.5. The Labute approximate surface area is 154 Å². The molecular weight excluding hydrogens is 334 g/mol. The maximum Gasteiger partial charge on any atom is 0.271 e. The van der Waals surface area contributed by atoms with Crippen molar-refractivity contribution in [3.05, 3.63) is 46.7 Å². The maximum absolute atomic E-state index is 13.3. The van der Waals surface area contributed by atoms with Gasteiger partial charge in [-0.2, -0.15) is 0 Å². The number of amides is 1. The van der Waals surface area contributed by atoms with Gasteiger partial charge < -0.3 is 14.8 Å². The van der Waals surface area contributed by atoms with Crippen LogP contribution in [0, 0.1) is 12.8 Å². The van der Waals surface area contributed by atoms with Crippen LogP contribution in [-0.2, 0) is 6.54 Å². The molecular formula is C20H26ClN3O. The molecule has 1 aromatic carbocycles. The van der Waals surface area contributed by atoms with Gasteiger partial charge in [0.15, 0.2) is 0 Å². The maximum atomic E-state index is 13.3. The van der Waals surface area contributed by atoms with Gasteiger partial charge in [-0.1, -0.05) is 37.6 Å². The van der Waals surface area contributed by atoms with Crippen LogP contribution in [0.2, 0.25) is 5.02 Å². The number of aryl methyl sites for hydroxylation is 1. The smallest absolute Gasteiger partial charge is 0.271 e. The molecule has 1 amide bonds. The second-order valence-corrected chi connectivity index (χ2v) is 7.57. The lowest BCUT2D eigenvalue weighted by Crippen LogP contribution is -2.47. The summed E-state index contributed by atoms with van der Waals surface area (Å²) in [6, 6.07) is 7.77. The number of hydrogen-bond acceptors (Lipinski definition) is 2. The fourth-order valence-corrected chi connectivity index (χ4v) is 3.59. The summed E-state index contributed by atoms with van der Waals surface area (Å²) in [7, 11) is 0. The van der Waals surface area contributed by atoms with Gasteiger partial charge in [0.1, 0.15) is 5.69 Å². The Balaban J connectivity index is 2.08. The monoisotopic (exact) mass is 359 g/mol. The Hall–Kier alpha value is -1.78. The van der Waals surface area contributed by atoms with Gasteiger partial charge >= 0.3 is 0 Å². The highest BCUT2D eigenvalue weighted by molar-refractivity contribution is 6.30. The van der Waals surface area contributed by atoms with E-state index in [9.17, 15) is 4.79 Å². The van der Waals surface area contributed by atoms with E-state index in [1.165, 1.54) is 0 Å². The lowest BCUT2D eigenvalue weighted by molar-refractivity contribution is 0.0725. The lowest BCUT2D eigenvalue weighted by atomic mass is 10.0. The summed E-state index contributed by atoms with van der Waals surface area (Å²) in [5, 5.41) is 4.02. The van der Waals surface area contributed by atoms with E-state index in [4.69, 9.17) is 11.6 Å². The van der Waals surface area contributed by atoms with Crippen LogP contribution >= 0.6 is 11.6 Å².